The number of nitrogens with zero attached hydrogens (tertiary/aromatic N) is 3. The highest BCUT2D eigenvalue weighted by molar-refractivity contribution is 14.1. The highest BCUT2D eigenvalue weighted by Gasteiger charge is 2.27. The number of aliphatic imine (C=N–C) groups is 1. The third kappa shape index (κ3) is 2.90. The monoisotopic (exact) mass is 465 g/mol. The van der Waals surface area contributed by atoms with Crippen LogP contribution in [0.25, 0.3) is 5.69 Å². The number of hydrogen-bond acceptors (Lipinski definition) is 3. The van der Waals surface area contributed by atoms with Gasteiger partial charge in [-0.2, -0.15) is 0 Å². The maximum absolute atomic E-state index is 12.1. The molecule has 0 amide bonds. The molecule has 0 radical (unpaired) electrons. The van der Waals surface area contributed by atoms with Crippen LogP contribution in [0.5, 0.6) is 0 Å². The van der Waals surface area contributed by atoms with Crippen molar-refractivity contribution >= 4 is 34.1 Å². The number of rotatable bonds is 2. The van der Waals surface area contributed by atoms with Gasteiger partial charge in [-0.1, -0.05) is 24.1 Å². The van der Waals surface area contributed by atoms with Crippen molar-refractivity contribution in [1.29, 1.82) is 0 Å². The lowest BCUT2D eigenvalue weighted by Gasteiger charge is -2.13. The second-order valence-corrected chi connectivity index (χ2v) is 7.58. The zero-order chi connectivity index (χ0) is 19.1. The Morgan fingerprint density at radius 2 is 2.00 bits per heavy atom. The molecule has 0 unspecified atom stereocenters. The van der Waals surface area contributed by atoms with Crippen LogP contribution in [0.4, 0.5) is 0 Å². The first-order valence-electron chi connectivity index (χ1n) is 8.53. The molecule has 4 rings (SSSR count). The number of ketones is 1. The molecule has 0 fully saturated rings. The molecule has 2 heterocycles. The summed E-state index contributed by atoms with van der Waals surface area (Å²) in [6.45, 7) is 3.53. The van der Waals surface area contributed by atoms with Crippen LogP contribution in [0.1, 0.15) is 52.8 Å². The smallest absolute Gasteiger partial charge is 0.180 e. The van der Waals surface area contributed by atoms with Crippen molar-refractivity contribution in [3.8, 4) is 18.0 Å². The molecule has 1 aliphatic rings. The largest absolute Gasteiger partial charge is 0.300 e. The normalized spacial score (nSPS) is 15.2. The first-order chi connectivity index (χ1) is 13.0. The van der Waals surface area contributed by atoms with E-state index in [1.807, 2.05) is 41.8 Å². The van der Waals surface area contributed by atoms with E-state index in [1.165, 1.54) is 6.92 Å². The highest BCUT2D eigenvalue weighted by Crippen LogP contribution is 2.33. The molecule has 2 aromatic carbocycles. The first-order valence-corrected chi connectivity index (χ1v) is 9.61. The molecule has 5 heteroatoms. The van der Waals surface area contributed by atoms with E-state index in [0.717, 1.165) is 37.4 Å². The van der Waals surface area contributed by atoms with Gasteiger partial charge in [-0.15, -0.1) is 6.42 Å². The third-order valence-corrected chi connectivity index (χ3v) is 5.60. The van der Waals surface area contributed by atoms with Crippen molar-refractivity contribution in [2.75, 3.05) is 0 Å². The summed E-state index contributed by atoms with van der Waals surface area (Å²) in [4.78, 5) is 21.5. The lowest BCUT2D eigenvalue weighted by atomic mass is 9.98. The predicted octanol–water partition coefficient (Wildman–Crippen LogP) is 4.57. The van der Waals surface area contributed by atoms with E-state index >= 15 is 0 Å². The Hall–Kier alpha value is -2.72. The SMILES string of the molecule is C#Cc1ccc2c(c1)C(c1ccccc1I)=N[C@H](C)c1c(C(C)=O)ncn1-2. The second kappa shape index (κ2) is 6.78. The van der Waals surface area contributed by atoms with Gasteiger partial charge in [0.15, 0.2) is 5.78 Å². The molecule has 1 aromatic heterocycles. The number of hydrogen-bond donors (Lipinski definition) is 0. The van der Waals surface area contributed by atoms with Crippen LogP contribution in [0.3, 0.4) is 0 Å². The Balaban J connectivity index is 2.08. The van der Waals surface area contributed by atoms with E-state index in [1.54, 1.807) is 6.33 Å². The van der Waals surface area contributed by atoms with Crippen molar-refractivity contribution in [1.82, 2.24) is 9.55 Å². The fourth-order valence-electron chi connectivity index (χ4n) is 3.44. The van der Waals surface area contributed by atoms with Gasteiger partial charge < -0.3 is 0 Å². The van der Waals surface area contributed by atoms with Gasteiger partial charge in [-0.25, -0.2) is 4.98 Å². The molecule has 0 saturated heterocycles. The summed E-state index contributed by atoms with van der Waals surface area (Å²) in [6.07, 6.45) is 7.35. The predicted molar refractivity (Wildman–Crippen MR) is 115 cm³/mol. The molecular formula is C22H16IN3O. The Labute approximate surface area is 171 Å². The zero-order valence-electron chi connectivity index (χ0n) is 14.9. The van der Waals surface area contributed by atoms with Gasteiger partial charge in [0.25, 0.3) is 0 Å². The van der Waals surface area contributed by atoms with Crippen LogP contribution < -0.4 is 0 Å². The maximum atomic E-state index is 12.1. The average molecular weight is 465 g/mol. The summed E-state index contributed by atoms with van der Waals surface area (Å²) >= 11 is 2.32. The summed E-state index contributed by atoms with van der Waals surface area (Å²) in [5.74, 6) is 2.64. The van der Waals surface area contributed by atoms with Gasteiger partial charge in [-0.05, 0) is 53.8 Å². The van der Waals surface area contributed by atoms with Gasteiger partial charge in [0.2, 0.25) is 0 Å². The highest BCUT2D eigenvalue weighted by atomic mass is 127. The minimum absolute atomic E-state index is 0.0645. The molecule has 0 saturated carbocycles. The average Bonchev–Trinajstić information content (AvgIpc) is 3.07. The van der Waals surface area contributed by atoms with Gasteiger partial charge in [0.1, 0.15) is 12.0 Å². The summed E-state index contributed by atoms with van der Waals surface area (Å²) in [5.41, 5.74) is 5.83. The number of aromatic nitrogens is 2. The molecule has 27 heavy (non-hydrogen) atoms. The van der Waals surface area contributed by atoms with E-state index in [2.05, 4.69) is 45.6 Å². The topological polar surface area (TPSA) is 47.2 Å². The van der Waals surface area contributed by atoms with Crippen molar-refractivity contribution in [3.05, 3.63) is 80.4 Å². The van der Waals surface area contributed by atoms with E-state index < -0.39 is 0 Å². The van der Waals surface area contributed by atoms with E-state index in [-0.39, 0.29) is 11.8 Å². The van der Waals surface area contributed by atoms with E-state index in [4.69, 9.17) is 11.4 Å². The summed E-state index contributed by atoms with van der Waals surface area (Å²) < 4.78 is 3.07. The number of halogens is 1. The van der Waals surface area contributed by atoms with Crippen molar-refractivity contribution < 1.29 is 4.79 Å². The summed E-state index contributed by atoms with van der Waals surface area (Å²) in [6, 6.07) is 13.8. The second-order valence-electron chi connectivity index (χ2n) is 6.41. The van der Waals surface area contributed by atoms with Crippen molar-refractivity contribution in [2.24, 2.45) is 4.99 Å². The van der Waals surface area contributed by atoms with Gasteiger partial charge in [0, 0.05) is 27.2 Å². The van der Waals surface area contributed by atoms with E-state index in [0.29, 0.717) is 5.69 Å². The summed E-state index contributed by atoms with van der Waals surface area (Å²) in [7, 11) is 0. The minimum atomic E-state index is -0.223. The maximum Gasteiger partial charge on any atom is 0.180 e. The molecule has 0 aliphatic carbocycles. The van der Waals surface area contributed by atoms with E-state index in [9.17, 15) is 4.79 Å². The Morgan fingerprint density at radius 3 is 2.70 bits per heavy atom. The fourth-order valence-corrected chi connectivity index (χ4v) is 4.08. The van der Waals surface area contributed by atoms with Crippen LogP contribution in [0.15, 0.2) is 53.8 Å². The van der Waals surface area contributed by atoms with Gasteiger partial charge in [-0.3, -0.25) is 14.4 Å². The van der Waals surface area contributed by atoms with Crippen LogP contribution >= 0.6 is 22.6 Å². The zero-order valence-corrected chi connectivity index (χ0v) is 17.1. The Morgan fingerprint density at radius 1 is 1.22 bits per heavy atom. The molecule has 3 aromatic rings. The van der Waals surface area contributed by atoms with Crippen molar-refractivity contribution in [2.45, 2.75) is 19.9 Å². The lowest BCUT2D eigenvalue weighted by molar-refractivity contribution is 0.101. The minimum Gasteiger partial charge on any atom is -0.300 e. The van der Waals surface area contributed by atoms with Crippen LogP contribution in [0, 0.1) is 15.9 Å². The number of carbonyl (C=O) groups excluding carboxylic acids is 1. The molecule has 1 atom stereocenters. The number of benzene rings is 2. The quantitative estimate of drug-likeness (QED) is 0.316. The van der Waals surface area contributed by atoms with Crippen LogP contribution in [-0.2, 0) is 0 Å². The molecule has 4 nitrogen and oxygen atoms in total. The lowest BCUT2D eigenvalue weighted by Crippen LogP contribution is -2.09. The first kappa shape index (κ1) is 17.7. The number of Topliss-reactive ketones (excluding diaryl/α,β-unsaturated/α-hetero) is 1. The molecule has 1 aliphatic heterocycles. The molecule has 0 spiro atoms. The van der Waals surface area contributed by atoms with Crippen molar-refractivity contribution in [3.63, 3.8) is 0 Å². The van der Waals surface area contributed by atoms with Crippen LogP contribution in [-0.4, -0.2) is 21.0 Å². The molecule has 0 bridgehead atoms. The molecule has 0 N–H and O–H groups in total. The summed E-state index contributed by atoms with van der Waals surface area (Å²) in [5, 5.41) is 0. The Kier molecular flexibility index (Phi) is 4.44. The number of imidazole rings is 1. The van der Waals surface area contributed by atoms with Gasteiger partial charge in [0.05, 0.1) is 23.1 Å². The van der Waals surface area contributed by atoms with Gasteiger partial charge >= 0.3 is 0 Å². The fraction of sp³-hybridized carbons (Fsp3) is 0.136. The molecule has 132 valence electrons. The number of terminal acetylenes is 1. The Bertz CT molecular complexity index is 1150. The van der Waals surface area contributed by atoms with Crippen LogP contribution in [0.2, 0.25) is 0 Å². The standard InChI is InChI=1S/C22H16IN3O/c1-4-15-9-10-19-17(11-15)21(16-7-5-6-8-18(16)23)25-13(2)22-20(14(3)27)24-12-26(19)22/h1,5-13H,2-3H3/t13-/m1/s1. The number of carbonyl (C=O) groups is 1. The third-order valence-electron chi connectivity index (χ3n) is 4.66. The molecular weight excluding hydrogens is 449 g/mol. The number of fused-ring (bicyclic) bond motifs is 3.